The summed E-state index contributed by atoms with van der Waals surface area (Å²) in [5, 5.41) is 30.4. The van der Waals surface area contributed by atoms with E-state index in [0.717, 1.165) is 10.4 Å². The molecular formula is C10H15N5O2. The molecule has 0 atom stereocenters. The highest BCUT2D eigenvalue weighted by atomic mass is 16.5. The highest BCUT2D eigenvalue weighted by Crippen LogP contribution is 2.27. The van der Waals surface area contributed by atoms with Crippen molar-refractivity contribution >= 4 is 28.4 Å². The summed E-state index contributed by atoms with van der Waals surface area (Å²) in [5.74, 6) is 0.0738. The second-order valence-corrected chi connectivity index (χ2v) is 3.57. The molecular weight excluding hydrogens is 222 g/mol. The summed E-state index contributed by atoms with van der Waals surface area (Å²) in [4.78, 5) is 0. The summed E-state index contributed by atoms with van der Waals surface area (Å²) in [5.41, 5.74) is 2.28. The Labute approximate surface area is 98.2 Å². The molecule has 0 fully saturated rings. The van der Waals surface area contributed by atoms with Crippen molar-refractivity contribution in [2.45, 2.75) is 0 Å². The maximum Gasteiger partial charge on any atom is 0.395 e. The van der Waals surface area contributed by atoms with Gasteiger partial charge in [0.2, 0.25) is 5.52 Å². The Balaban J connectivity index is 2.87. The SMILES string of the molecule is CNc1cc(NC)c2c(c1)[n+]([O-])c(NC)n2O. The van der Waals surface area contributed by atoms with Crippen LogP contribution < -0.4 is 20.7 Å². The van der Waals surface area contributed by atoms with Gasteiger partial charge in [-0.1, -0.05) is 4.73 Å². The summed E-state index contributed by atoms with van der Waals surface area (Å²) in [6.45, 7) is 0. The summed E-state index contributed by atoms with van der Waals surface area (Å²) in [6, 6.07) is 3.49. The molecule has 2 rings (SSSR count). The van der Waals surface area contributed by atoms with Crippen LogP contribution in [0.25, 0.3) is 11.0 Å². The molecule has 0 saturated heterocycles. The number of imidazole rings is 1. The molecule has 0 saturated carbocycles. The van der Waals surface area contributed by atoms with Gasteiger partial charge in [0.25, 0.3) is 0 Å². The fourth-order valence-corrected chi connectivity index (χ4v) is 1.84. The van der Waals surface area contributed by atoms with Crippen LogP contribution >= 0.6 is 0 Å². The first-order valence-corrected chi connectivity index (χ1v) is 5.18. The third-order valence-corrected chi connectivity index (χ3v) is 2.70. The van der Waals surface area contributed by atoms with Crippen molar-refractivity contribution in [3.05, 3.63) is 17.3 Å². The second kappa shape index (κ2) is 3.93. The van der Waals surface area contributed by atoms with Gasteiger partial charge in [0, 0.05) is 25.8 Å². The van der Waals surface area contributed by atoms with E-state index in [1.807, 2.05) is 6.07 Å². The Morgan fingerprint density at radius 1 is 1.18 bits per heavy atom. The van der Waals surface area contributed by atoms with Gasteiger partial charge in [0.05, 0.1) is 12.7 Å². The van der Waals surface area contributed by atoms with Crippen molar-refractivity contribution in [2.75, 3.05) is 37.1 Å². The number of hydrogen-bond acceptors (Lipinski definition) is 5. The van der Waals surface area contributed by atoms with Crippen LogP contribution in [0.5, 0.6) is 0 Å². The van der Waals surface area contributed by atoms with E-state index >= 15 is 0 Å². The van der Waals surface area contributed by atoms with E-state index in [4.69, 9.17) is 0 Å². The minimum Gasteiger partial charge on any atom is -0.740 e. The molecule has 1 heterocycles. The highest BCUT2D eigenvalue weighted by molar-refractivity contribution is 5.91. The summed E-state index contributed by atoms with van der Waals surface area (Å²) < 4.78 is 1.49. The fourth-order valence-electron chi connectivity index (χ4n) is 1.84. The number of hydrogen-bond donors (Lipinski definition) is 4. The maximum absolute atomic E-state index is 11.9. The van der Waals surface area contributed by atoms with Gasteiger partial charge in [0.1, 0.15) is 5.52 Å². The summed E-state index contributed by atoms with van der Waals surface area (Å²) in [7, 11) is 5.08. The minimum absolute atomic E-state index is 0.0738. The third-order valence-electron chi connectivity index (χ3n) is 2.70. The van der Waals surface area contributed by atoms with E-state index in [-0.39, 0.29) is 5.95 Å². The number of fused-ring (bicyclic) bond motifs is 1. The van der Waals surface area contributed by atoms with Crippen LogP contribution in [0.4, 0.5) is 17.3 Å². The average Bonchev–Trinajstić information content (AvgIpc) is 2.60. The lowest BCUT2D eigenvalue weighted by atomic mass is 10.2. The summed E-state index contributed by atoms with van der Waals surface area (Å²) >= 11 is 0. The number of aromatic nitrogens is 2. The molecule has 2 aromatic rings. The van der Waals surface area contributed by atoms with Crippen LogP contribution in [0, 0.1) is 5.21 Å². The van der Waals surface area contributed by atoms with Crippen LogP contribution in [0.1, 0.15) is 0 Å². The molecule has 0 unspecified atom stereocenters. The van der Waals surface area contributed by atoms with E-state index < -0.39 is 0 Å². The van der Waals surface area contributed by atoms with Gasteiger partial charge in [-0.3, -0.25) is 5.32 Å². The van der Waals surface area contributed by atoms with Gasteiger partial charge in [-0.2, -0.15) is 0 Å². The second-order valence-electron chi connectivity index (χ2n) is 3.57. The molecule has 4 N–H and O–H groups in total. The van der Waals surface area contributed by atoms with Crippen LogP contribution in [0.2, 0.25) is 0 Å². The first kappa shape index (κ1) is 11.2. The molecule has 0 aliphatic heterocycles. The van der Waals surface area contributed by atoms with Crippen LogP contribution in [0.3, 0.4) is 0 Å². The predicted octanol–water partition coefficient (Wildman–Crippen LogP) is 0.637. The van der Waals surface area contributed by atoms with Crippen molar-refractivity contribution in [2.24, 2.45) is 0 Å². The lowest BCUT2D eigenvalue weighted by Crippen LogP contribution is -2.29. The van der Waals surface area contributed by atoms with Crippen LogP contribution in [-0.2, 0) is 0 Å². The zero-order valence-electron chi connectivity index (χ0n) is 9.90. The first-order chi connectivity index (χ1) is 8.13. The Kier molecular flexibility index (Phi) is 2.58. The molecule has 7 heteroatoms. The van der Waals surface area contributed by atoms with Gasteiger partial charge < -0.3 is 21.0 Å². The monoisotopic (exact) mass is 237 g/mol. The summed E-state index contributed by atoms with van der Waals surface area (Å²) in [6.07, 6.45) is 0. The molecule has 1 aromatic carbocycles. The number of rotatable bonds is 3. The number of benzene rings is 1. The largest absolute Gasteiger partial charge is 0.740 e. The predicted molar refractivity (Wildman–Crippen MR) is 66.7 cm³/mol. The molecule has 92 valence electrons. The molecule has 0 bridgehead atoms. The van der Waals surface area contributed by atoms with Gasteiger partial charge in [-0.05, 0) is 6.07 Å². The highest BCUT2D eigenvalue weighted by Gasteiger charge is 2.21. The van der Waals surface area contributed by atoms with Gasteiger partial charge in [0.15, 0.2) is 0 Å². The minimum atomic E-state index is 0.0738. The molecule has 0 aliphatic rings. The lowest BCUT2D eigenvalue weighted by molar-refractivity contribution is -0.563. The Hall–Kier alpha value is -2.31. The van der Waals surface area contributed by atoms with Crippen molar-refractivity contribution < 1.29 is 9.94 Å². The number of nitrogens with one attached hydrogen (secondary N) is 3. The third kappa shape index (κ3) is 1.47. The zero-order valence-corrected chi connectivity index (χ0v) is 9.90. The lowest BCUT2D eigenvalue weighted by Gasteiger charge is -2.06. The smallest absolute Gasteiger partial charge is 0.395 e. The quantitative estimate of drug-likeness (QED) is 0.357. The number of nitrogens with zero attached hydrogens (tertiary/aromatic N) is 2. The van der Waals surface area contributed by atoms with E-state index in [2.05, 4.69) is 16.0 Å². The normalized spacial score (nSPS) is 10.5. The molecule has 0 aliphatic carbocycles. The van der Waals surface area contributed by atoms with E-state index in [1.165, 1.54) is 0 Å². The zero-order chi connectivity index (χ0) is 12.6. The standard InChI is InChI=1S/C10H15N5O2/c1-11-6-4-7(12-2)9-8(5-6)14(16)10(13-3)15(9)17/h4-5,11-13,17H,1-3H3. The van der Waals surface area contributed by atoms with Crippen molar-refractivity contribution in [1.29, 1.82) is 0 Å². The average molecular weight is 237 g/mol. The fraction of sp³-hybridized carbons (Fsp3) is 0.300. The molecule has 0 spiro atoms. The topological polar surface area (TPSA) is 88.2 Å². The molecule has 7 nitrogen and oxygen atoms in total. The Morgan fingerprint density at radius 3 is 2.41 bits per heavy atom. The molecule has 0 amide bonds. The Bertz CT molecular complexity index is 564. The molecule has 1 aromatic heterocycles. The van der Waals surface area contributed by atoms with Crippen LogP contribution in [-0.4, -0.2) is 31.1 Å². The van der Waals surface area contributed by atoms with Crippen LogP contribution in [0.15, 0.2) is 12.1 Å². The van der Waals surface area contributed by atoms with E-state index in [0.29, 0.717) is 21.5 Å². The Morgan fingerprint density at radius 2 is 1.88 bits per heavy atom. The van der Waals surface area contributed by atoms with Crippen molar-refractivity contribution in [3.8, 4) is 0 Å². The van der Waals surface area contributed by atoms with Gasteiger partial charge in [-0.15, -0.1) is 0 Å². The van der Waals surface area contributed by atoms with Gasteiger partial charge >= 0.3 is 5.95 Å². The van der Waals surface area contributed by atoms with E-state index in [9.17, 15) is 10.4 Å². The van der Waals surface area contributed by atoms with Crippen molar-refractivity contribution in [1.82, 2.24) is 4.73 Å². The maximum atomic E-state index is 11.9. The van der Waals surface area contributed by atoms with Crippen molar-refractivity contribution in [3.63, 3.8) is 0 Å². The van der Waals surface area contributed by atoms with E-state index in [1.54, 1.807) is 27.2 Å². The first-order valence-electron chi connectivity index (χ1n) is 5.18. The number of anilines is 3. The molecule has 17 heavy (non-hydrogen) atoms. The molecule has 0 radical (unpaired) electrons. The van der Waals surface area contributed by atoms with Gasteiger partial charge in [-0.25, -0.2) is 4.73 Å².